The van der Waals surface area contributed by atoms with Gasteiger partial charge >= 0.3 is 0 Å². The predicted octanol–water partition coefficient (Wildman–Crippen LogP) is 2.04. The maximum atomic E-state index is 13.1. The third kappa shape index (κ3) is 5.48. The molecule has 0 heterocycles. The Hall–Kier alpha value is -1.27. The number of methoxy groups -OCH3 is 1. The lowest BCUT2D eigenvalue weighted by Crippen LogP contribution is -2.32. The summed E-state index contributed by atoms with van der Waals surface area (Å²) < 4.78 is 18.0. The van der Waals surface area contributed by atoms with Crippen LogP contribution in [0.2, 0.25) is 0 Å². The molecule has 0 radical (unpaired) electrons. The summed E-state index contributed by atoms with van der Waals surface area (Å²) in [6.07, 6.45) is 0.766. The molecule has 0 aliphatic heterocycles. The van der Waals surface area contributed by atoms with Crippen molar-refractivity contribution in [2.24, 2.45) is 0 Å². The molecule has 19 heavy (non-hydrogen) atoms. The van der Waals surface area contributed by atoms with Crippen molar-refractivity contribution < 1.29 is 13.9 Å². The van der Waals surface area contributed by atoms with Crippen LogP contribution in [-0.2, 0) is 9.53 Å². The molecule has 0 aromatic heterocycles. The number of thioether (sulfide) groups is 1. The Morgan fingerprint density at radius 2 is 2.32 bits per heavy atom. The molecule has 0 spiro atoms. The smallest absolute Gasteiger partial charge is 0.233 e. The van der Waals surface area contributed by atoms with E-state index in [2.05, 4.69) is 5.32 Å². The number of benzene rings is 1. The second-order valence-corrected chi connectivity index (χ2v) is 5.46. The van der Waals surface area contributed by atoms with Crippen LogP contribution < -0.4 is 11.1 Å². The maximum Gasteiger partial charge on any atom is 0.233 e. The zero-order valence-electron chi connectivity index (χ0n) is 11.1. The fourth-order valence-electron chi connectivity index (χ4n) is 1.43. The van der Waals surface area contributed by atoms with E-state index in [1.807, 2.05) is 0 Å². The zero-order chi connectivity index (χ0) is 14.3. The number of nitrogens with two attached hydrogens (primary N) is 1. The molecule has 1 aromatic carbocycles. The number of anilines is 1. The Morgan fingerprint density at radius 3 is 3.00 bits per heavy atom. The monoisotopic (exact) mass is 286 g/mol. The normalized spacial score (nSPS) is 12.2. The first kappa shape index (κ1) is 15.8. The van der Waals surface area contributed by atoms with Gasteiger partial charge in [-0.05, 0) is 31.5 Å². The standard InChI is InChI=1S/C13H19FN2O2S/c1-9(13(17)16-6-3-7-18-2)19-12-8-10(14)4-5-11(12)15/h4-5,8-9H,3,6-7,15H2,1-2H3,(H,16,17). The van der Waals surface area contributed by atoms with Crippen LogP contribution in [0.15, 0.2) is 23.1 Å². The molecule has 1 amide bonds. The minimum Gasteiger partial charge on any atom is -0.398 e. The number of ether oxygens (including phenoxy) is 1. The molecule has 4 nitrogen and oxygen atoms in total. The van der Waals surface area contributed by atoms with Gasteiger partial charge in [0.25, 0.3) is 0 Å². The molecule has 1 rings (SSSR count). The van der Waals surface area contributed by atoms with Crippen LogP contribution in [0.5, 0.6) is 0 Å². The van der Waals surface area contributed by atoms with Crippen molar-refractivity contribution >= 4 is 23.4 Å². The number of rotatable bonds is 7. The van der Waals surface area contributed by atoms with Crippen molar-refractivity contribution in [3.63, 3.8) is 0 Å². The Balaban J connectivity index is 2.47. The van der Waals surface area contributed by atoms with Crippen molar-refractivity contribution in [1.29, 1.82) is 0 Å². The Bertz CT molecular complexity index is 429. The quantitative estimate of drug-likeness (QED) is 0.457. The first-order valence-corrected chi connectivity index (χ1v) is 6.91. The van der Waals surface area contributed by atoms with Crippen LogP contribution in [0.3, 0.4) is 0 Å². The number of halogens is 1. The molecule has 6 heteroatoms. The third-order valence-corrected chi connectivity index (χ3v) is 3.65. The van der Waals surface area contributed by atoms with Gasteiger partial charge in [0.15, 0.2) is 0 Å². The SMILES string of the molecule is COCCCNC(=O)C(C)Sc1cc(F)ccc1N. The summed E-state index contributed by atoms with van der Waals surface area (Å²) >= 11 is 1.25. The number of hydrogen-bond donors (Lipinski definition) is 2. The molecule has 0 aliphatic carbocycles. The van der Waals surface area contributed by atoms with E-state index in [0.717, 1.165) is 6.42 Å². The van der Waals surface area contributed by atoms with Gasteiger partial charge in [-0.2, -0.15) is 0 Å². The molecule has 1 atom stereocenters. The van der Waals surface area contributed by atoms with E-state index in [1.54, 1.807) is 14.0 Å². The van der Waals surface area contributed by atoms with Crippen LogP contribution in [0, 0.1) is 5.82 Å². The van der Waals surface area contributed by atoms with Crippen molar-refractivity contribution in [2.75, 3.05) is 26.0 Å². The van der Waals surface area contributed by atoms with Gasteiger partial charge in [0, 0.05) is 30.8 Å². The predicted molar refractivity (Wildman–Crippen MR) is 75.6 cm³/mol. The van der Waals surface area contributed by atoms with Gasteiger partial charge in [-0.1, -0.05) is 0 Å². The molecule has 1 unspecified atom stereocenters. The Labute approximate surface area is 116 Å². The molecule has 0 fully saturated rings. The van der Waals surface area contributed by atoms with E-state index in [9.17, 15) is 9.18 Å². The summed E-state index contributed by atoms with van der Waals surface area (Å²) in [6, 6.07) is 4.14. The lowest BCUT2D eigenvalue weighted by atomic mass is 10.3. The zero-order valence-corrected chi connectivity index (χ0v) is 11.9. The lowest BCUT2D eigenvalue weighted by Gasteiger charge is -2.13. The van der Waals surface area contributed by atoms with Crippen LogP contribution in [-0.4, -0.2) is 31.4 Å². The number of hydrogen-bond acceptors (Lipinski definition) is 4. The number of carbonyl (C=O) groups excluding carboxylic acids is 1. The molecule has 0 saturated carbocycles. The lowest BCUT2D eigenvalue weighted by molar-refractivity contribution is -0.120. The molecule has 0 saturated heterocycles. The minimum absolute atomic E-state index is 0.0928. The first-order chi connectivity index (χ1) is 9.04. The first-order valence-electron chi connectivity index (χ1n) is 6.03. The van der Waals surface area contributed by atoms with Crippen LogP contribution in [0.25, 0.3) is 0 Å². The van der Waals surface area contributed by atoms with E-state index in [4.69, 9.17) is 10.5 Å². The van der Waals surface area contributed by atoms with Crippen molar-refractivity contribution in [2.45, 2.75) is 23.5 Å². The molecular weight excluding hydrogens is 267 g/mol. The Morgan fingerprint density at radius 1 is 1.58 bits per heavy atom. The molecule has 1 aromatic rings. The van der Waals surface area contributed by atoms with Crippen molar-refractivity contribution in [1.82, 2.24) is 5.32 Å². The number of nitrogen functional groups attached to an aromatic ring is 1. The highest BCUT2D eigenvalue weighted by molar-refractivity contribution is 8.00. The second kappa shape index (κ2) is 8.01. The summed E-state index contributed by atoms with van der Waals surface area (Å²) in [5.41, 5.74) is 6.22. The largest absolute Gasteiger partial charge is 0.398 e. The van der Waals surface area contributed by atoms with Gasteiger partial charge < -0.3 is 15.8 Å². The maximum absolute atomic E-state index is 13.1. The summed E-state index contributed by atoms with van der Waals surface area (Å²) in [5, 5.41) is 2.47. The Kier molecular flexibility index (Phi) is 6.66. The van der Waals surface area contributed by atoms with Crippen LogP contribution in [0.1, 0.15) is 13.3 Å². The summed E-state index contributed by atoms with van der Waals surface area (Å²) in [6.45, 7) is 2.94. The third-order valence-electron chi connectivity index (χ3n) is 2.47. The van der Waals surface area contributed by atoms with Gasteiger partial charge in [-0.3, -0.25) is 4.79 Å². The van der Waals surface area contributed by atoms with E-state index >= 15 is 0 Å². The molecule has 0 bridgehead atoms. The number of carbonyl (C=O) groups is 1. The molecule has 3 N–H and O–H groups in total. The van der Waals surface area contributed by atoms with E-state index in [-0.39, 0.29) is 17.0 Å². The topological polar surface area (TPSA) is 64.3 Å². The van der Waals surface area contributed by atoms with E-state index < -0.39 is 0 Å². The highest BCUT2D eigenvalue weighted by atomic mass is 32.2. The van der Waals surface area contributed by atoms with E-state index in [0.29, 0.717) is 23.7 Å². The number of amides is 1. The fourth-order valence-corrected chi connectivity index (χ4v) is 2.38. The van der Waals surface area contributed by atoms with E-state index in [1.165, 1.54) is 30.0 Å². The number of nitrogens with one attached hydrogen (secondary N) is 1. The van der Waals surface area contributed by atoms with Gasteiger partial charge in [-0.15, -0.1) is 11.8 Å². The highest BCUT2D eigenvalue weighted by Gasteiger charge is 2.15. The average molecular weight is 286 g/mol. The van der Waals surface area contributed by atoms with Crippen LogP contribution >= 0.6 is 11.8 Å². The summed E-state index contributed by atoms with van der Waals surface area (Å²) in [4.78, 5) is 12.4. The second-order valence-electron chi connectivity index (χ2n) is 4.08. The summed E-state index contributed by atoms with van der Waals surface area (Å²) in [5.74, 6) is -0.450. The van der Waals surface area contributed by atoms with Gasteiger partial charge in [0.1, 0.15) is 5.82 Å². The fraction of sp³-hybridized carbons (Fsp3) is 0.462. The molecule has 0 aliphatic rings. The van der Waals surface area contributed by atoms with Crippen molar-refractivity contribution in [3.05, 3.63) is 24.0 Å². The molecule has 106 valence electrons. The minimum atomic E-state index is -0.357. The van der Waals surface area contributed by atoms with Gasteiger partial charge in [-0.25, -0.2) is 4.39 Å². The molecular formula is C13H19FN2O2S. The van der Waals surface area contributed by atoms with Gasteiger partial charge in [0.2, 0.25) is 5.91 Å². The van der Waals surface area contributed by atoms with Crippen molar-refractivity contribution in [3.8, 4) is 0 Å². The highest BCUT2D eigenvalue weighted by Crippen LogP contribution is 2.29. The average Bonchev–Trinajstić information content (AvgIpc) is 2.38. The van der Waals surface area contributed by atoms with Crippen LogP contribution in [0.4, 0.5) is 10.1 Å². The summed E-state index contributed by atoms with van der Waals surface area (Å²) in [7, 11) is 1.62. The van der Waals surface area contributed by atoms with Gasteiger partial charge in [0.05, 0.1) is 5.25 Å².